The molecule has 5 aliphatic rings. The number of aliphatic hydroxyl groups is 1. The van der Waals surface area contributed by atoms with Crippen LogP contribution < -0.4 is 19.9 Å². The first kappa shape index (κ1) is 75.8. The third kappa shape index (κ3) is 21.7. The van der Waals surface area contributed by atoms with Gasteiger partial charge < -0.3 is 44.6 Å². The van der Waals surface area contributed by atoms with Gasteiger partial charge in [0.15, 0.2) is 0 Å². The zero-order valence-electron chi connectivity index (χ0n) is 54.7. The zero-order chi connectivity index (χ0) is 70.5. The van der Waals surface area contributed by atoms with Crippen molar-refractivity contribution in [2.24, 2.45) is 0 Å². The number of ether oxygens (including phenoxy) is 3. The van der Waals surface area contributed by atoms with Crippen molar-refractivity contribution in [2.45, 2.75) is 192 Å². The molecule has 4 N–H and O–H groups in total. The molecule has 524 valence electrons. The number of nitrogens with zero attached hydrogens (tertiary/aromatic N) is 3. The van der Waals surface area contributed by atoms with Gasteiger partial charge in [-0.3, -0.25) is 24.1 Å². The first-order valence-corrected chi connectivity index (χ1v) is 32.6. The number of carbonyl (C=O) groups is 5. The maximum Gasteiger partial charge on any atom is 0.416 e. The summed E-state index contributed by atoms with van der Waals surface area (Å²) in [6, 6.07) is 22.6. The molecule has 25 heteroatoms. The van der Waals surface area contributed by atoms with E-state index in [2.05, 4.69) is 5.32 Å². The number of halogens is 10. The second kappa shape index (κ2) is 32.7. The molecule has 2 heterocycles. The molecule has 3 fully saturated rings. The summed E-state index contributed by atoms with van der Waals surface area (Å²) >= 11 is 5.65. The van der Waals surface area contributed by atoms with Gasteiger partial charge in [0, 0.05) is 43.4 Å². The SMILES string of the molecule is CC(C)(C)OC(=O)CCN(CC(=O)N1CCc2cc(O)ccc21)C(=O)OC(C)(C)C.FC(F)(F)c1ccc(CCl)cc1C1CCC1.O=C(O)CCNCC(=O)N1CCc2cc(OCc3ccc(C(F)(F)F)c(C4CCC4)c3)ccc21.OCc1ccc(C(F)(F)F)c(C2CCC2)c1. The molecule has 0 aromatic heterocycles. The number of esters is 1. The highest BCUT2D eigenvalue weighted by molar-refractivity contribution is 6.17. The molecule has 0 atom stereocenters. The predicted molar refractivity (Wildman–Crippen MR) is 344 cm³/mol. The molecule has 3 saturated carbocycles. The number of fused-ring (bicyclic) bond motifs is 2. The number of aliphatic carboxylic acids is 1. The van der Waals surface area contributed by atoms with Crippen molar-refractivity contribution in [3.05, 3.63) is 152 Å². The maximum absolute atomic E-state index is 13.4. The number of anilines is 2. The lowest BCUT2D eigenvalue weighted by Crippen LogP contribution is -2.45. The Labute approximate surface area is 558 Å². The molecule has 2 aliphatic heterocycles. The van der Waals surface area contributed by atoms with Crippen LogP contribution >= 0.6 is 11.6 Å². The zero-order valence-corrected chi connectivity index (χ0v) is 55.4. The molecular formula is C71H84ClF9N4O11. The highest BCUT2D eigenvalue weighted by atomic mass is 35.5. The average molecular weight is 1380 g/mol. The van der Waals surface area contributed by atoms with Crippen LogP contribution in [-0.2, 0) is 79.1 Å². The number of aromatic hydroxyl groups is 1. The van der Waals surface area contributed by atoms with Crippen molar-refractivity contribution in [3.8, 4) is 11.5 Å². The van der Waals surface area contributed by atoms with Crippen molar-refractivity contribution in [1.29, 1.82) is 0 Å². The summed E-state index contributed by atoms with van der Waals surface area (Å²) in [6.07, 6.45) is -4.50. The van der Waals surface area contributed by atoms with Crippen molar-refractivity contribution in [2.75, 3.05) is 49.1 Å². The minimum atomic E-state index is -4.36. The lowest BCUT2D eigenvalue weighted by atomic mass is 9.77. The number of hydrogen-bond acceptors (Lipinski definition) is 11. The number of phenolic OH excluding ortho intramolecular Hbond substituents is 1. The van der Waals surface area contributed by atoms with Crippen LogP contribution in [0.25, 0.3) is 0 Å². The lowest BCUT2D eigenvalue weighted by molar-refractivity contribution is -0.155. The van der Waals surface area contributed by atoms with Crippen molar-refractivity contribution < 1.29 is 93.0 Å². The predicted octanol–water partition coefficient (Wildman–Crippen LogP) is 15.9. The standard InChI is InChI=1S/C25H27F3N2O4.C22H32N2O6.C12H12ClF3.C12H13F3O/c26-25(27,28)21-6-4-16(12-20(21)17-2-1-3-17)15-34-19-5-7-22-18(13-19)9-11-30(22)23(31)14-29-10-8-24(32)33;1-21(2,3)29-19(27)10-11-23(20(28)30-22(4,5)6)14-18(26)24-12-9-15-13-16(25)7-8-17(15)24;13-7-8-4-5-11(12(14,15)16)10(6-8)9-2-1-3-9;13-12(14,15)11-5-4-8(7-16)6-10(11)9-2-1-3-9/h4-7,12-13,17,29H,1-3,8-11,14-15H2,(H,32,33);7-8,13,25H,9-12,14H2,1-6H3;4-6,9H,1-3,7H2;4-6,9,16H,1-3,7H2. The molecule has 0 saturated heterocycles. The summed E-state index contributed by atoms with van der Waals surface area (Å²) in [4.78, 5) is 65.2. The van der Waals surface area contributed by atoms with Gasteiger partial charge in [0.2, 0.25) is 11.8 Å². The van der Waals surface area contributed by atoms with Crippen LogP contribution in [0.15, 0.2) is 91.0 Å². The minimum Gasteiger partial charge on any atom is -0.508 e. The van der Waals surface area contributed by atoms with E-state index in [-0.39, 0.29) is 93.4 Å². The highest BCUT2D eigenvalue weighted by Crippen LogP contribution is 2.46. The Morgan fingerprint density at radius 2 is 1.04 bits per heavy atom. The summed E-state index contributed by atoms with van der Waals surface area (Å²) in [5, 5.41) is 30.1. The Morgan fingerprint density at radius 3 is 1.50 bits per heavy atom. The summed E-state index contributed by atoms with van der Waals surface area (Å²) in [7, 11) is 0. The van der Waals surface area contributed by atoms with E-state index in [0.29, 0.717) is 65.2 Å². The maximum atomic E-state index is 13.4. The van der Waals surface area contributed by atoms with Gasteiger partial charge in [-0.1, -0.05) is 55.7 Å². The van der Waals surface area contributed by atoms with E-state index in [4.69, 9.17) is 36.0 Å². The average Bonchev–Trinajstić information content (AvgIpc) is 0.937. The Morgan fingerprint density at radius 1 is 0.583 bits per heavy atom. The van der Waals surface area contributed by atoms with Crippen LogP contribution in [-0.4, -0.2) is 101 Å². The fraction of sp³-hybridized carbons (Fsp3) is 0.507. The third-order valence-corrected chi connectivity index (χ3v) is 17.2. The number of carboxylic acid groups (broad SMARTS) is 1. The number of hydrogen-bond donors (Lipinski definition) is 4. The molecule has 10 rings (SSSR count). The molecule has 3 amide bonds. The van der Waals surface area contributed by atoms with Crippen LogP contribution in [0.4, 0.5) is 55.7 Å². The molecule has 0 bridgehead atoms. The number of alkyl halides is 10. The summed E-state index contributed by atoms with van der Waals surface area (Å²) in [6.45, 7) is 11.5. The normalized spacial score (nSPS) is 15.6. The number of carbonyl (C=O) groups excluding carboxylic acids is 4. The molecule has 5 aromatic carbocycles. The minimum absolute atomic E-state index is 0.00580. The number of amides is 3. The number of phenols is 1. The lowest BCUT2D eigenvalue weighted by Gasteiger charge is -2.29. The Kier molecular flexibility index (Phi) is 25.8. The molecule has 96 heavy (non-hydrogen) atoms. The van der Waals surface area contributed by atoms with Crippen LogP contribution in [0, 0.1) is 0 Å². The highest BCUT2D eigenvalue weighted by Gasteiger charge is 2.40. The molecule has 15 nitrogen and oxygen atoms in total. The molecular weight excluding hydrogens is 1290 g/mol. The Balaban J connectivity index is 0.000000190. The summed E-state index contributed by atoms with van der Waals surface area (Å²) < 4.78 is 133. The van der Waals surface area contributed by atoms with Gasteiger partial charge in [-0.15, -0.1) is 11.6 Å². The van der Waals surface area contributed by atoms with Gasteiger partial charge in [0.05, 0.1) is 42.7 Å². The van der Waals surface area contributed by atoms with Gasteiger partial charge in [0.1, 0.15) is 35.9 Å². The number of benzene rings is 5. The quantitative estimate of drug-likeness (QED) is 0.0281. The summed E-state index contributed by atoms with van der Waals surface area (Å²) in [5.74, 6) is -0.742. The van der Waals surface area contributed by atoms with Crippen molar-refractivity contribution >= 4 is 52.8 Å². The van der Waals surface area contributed by atoms with E-state index < -0.39 is 64.5 Å². The topological polar surface area (TPSA) is 195 Å². The Hall–Kier alpha value is -7.57. The van der Waals surface area contributed by atoms with Crippen LogP contribution in [0.5, 0.6) is 11.5 Å². The fourth-order valence-corrected chi connectivity index (χ4v) is 11.7. The van der Waals surface area contributed by atoms with Gasteiger partial charge in [0.25, 0.3) is 0 Å². The van der Waals surface area contributed by atoms with E-state index in [1.54, 1.807) is 87.7 Å². The first-order chi connectivity index (χ1) is 45.0. The van der Waals surface area contributed by atoms with E-state index in [1.807, 2.05) is 6.07 Å². The van der Waals surface area contributed by atoms with Gasteiger partial charge in [-0.25, -0.2) is 4.79 Å². The monoisotopic (exact) mass is 1370 g/mol. The number of aliphatic hydroxyl groups excluding tert-OH is 1. The molecule has 0 spiro atoms. The second-order valence-electron chi connectivity index (χ2n) is 26.5. The van der Waals surface area contributed by atoms with Gasteiger partial charge in [-0.05, 0) is 210 Å². The first-order valence-electron chi connectivity index (χ1n) is 32.1. The van der Waals surface area contributed by atoms with Gasteiger partial charge in [-0.2, -0.15) is 39.5 Å². The van der Waals surface area contributed by atoms with Crippen LogP contribution in [0.1, 0.15) is 191 Å². The van der Waals surface area contributed by atoms with Crippen molar-refractivity contribution in [3.63, 3.8) is 0 Å². The molecule has 3 aliphatic carbocycles. The van der Waals surface area contributed by atoms with E-state index >= 15 is 0 Å². The van der Waals surface area contributed by atoms with Gasteiger partial charge >= 0.3 is 36.6 Å². The number of rotatable bonds is 18. The Bertz CT molecular complexity index is 3440. The van der Waals surface area contributed by atoms with Crippen LogP contribution in [0.3, 0.4) is 0 Å². The van der Waals surface area contributed by atoms with Crippen molar-refractivity contribution in [1.82, 2.24) is 10.2 Å². The molecule has 0 unspecified atom stereocenters. The second-order valence-corrected chi connectivity index (χ2v) is 26.7. The largest absolute Gasteiger partial charge is 0.508 e. The summed E-state index contributed by atoms with van der Waals surface area (Å²) in [5.41, 5.74) is 3.53. The van der Waals surface area contributed by atoms with E-state index in [0.717, 1.165) is 98.4 Å². The third-order valence-electron chi connectivity index (χ3n) is 16.9. The van der Waals surface area contributed by atoms with Crippen LogP contribution in [0.2, 0.25) is 0 Å². The number of carboxylic acids is 1. The molecule has 0 radical (unpaired) electrons. The number of nitrogens with one attached hydrogen (secondary N) is 1. The molecule has 5 aromatic rings. The van der Waals surface area contributed by atoms with E-state index in [1.165, 1.54) is 35.2 Å². The van der Waals surface area contributed by atoms with E-state index in [9.17, 15) is 68.6 Å². The fourth-order valence-electron chi connectivity index (χ4n) is 11.5. The smallest absolute Gasteiger partial charge is 0.416 e.